The summed E-state index contributed by atoms with van der Waals surface area (Å²) in [4.78, 5) is 0. The van der Waals surface area contributed by atoms with Gasteiger partial charge in [-0.1, -0.05) is 20.8 Å². The second-order valence-corrected chi connectivity index (χ2v) is 5.18. The highest BCUT2D eigenvalue weighted by Gasteiger charge is 2.20. The van der Waals surface area contributed by atoms with E-state index in [9.17, 15) is 0 Å². The van der Waals surface area contributed by atoms with E-state index < -0.39 is 0 Å². The molecule has 0 radical (unpaired) electrons. The van der Waals surface area contributed by atoms with Gasteiger partial charge in [0.05, 0.1) is 5.69 Å². The molecule has 3 nitrogen and oxygen atoms in total. The summed E-state index contributed by atoms with van der Waals surface area (Å²) >= 11 is 0. The number of aromatic nitrogens is 2. The van der Waals surface area contributed by atoms with Crippen LogP contribution in [0.5, 0.6) is 0 Å². The zero-order valence-electron chi connectivity index (χ0n) is 11.1. The van der Waals surface area contributed by atoms with E-state index in [1.54, 1.807) is 0 Å². The van der Waals surface area contributed by atoms with Gasteiger partial charge in [0.25, 0.3) is 0 Å². The van der Waals surface area contributed by atoms with Crippen molar-refractivity contribution in [2.45, 2.75) is 53.5 Å². The van der Waals surface area contributed by atoms with Crippen molar-refractivity contribution >= 4 is 0 Å². The van der Waals surface area contributed by atoms with Crippen molar-refractivity contribution in [2.75, 3.05) is 6.54 Å². The predicted molar refractivity (Wildman–Crippen MR) is 68.4 cm³/mol. The Morgan fingerprint density at radius 3 is 2.56 bits per heavy atom. The maximum Gasteiger partial charge on any atom is 0.0624 e. The molecular formula is C13H25N3. The van der Waals surface area contributed by atoms with Crippen molar-refractivity contribution < 1.29 is 0 Å². The van der Waals surface area contributed by atoms with Gasteiger partial charge in [-0.2, -0.15) is 5.10 Å². The number of aryl methyl sites for hydroxylation is 2. The molecule has 0 spiro atoms. The van der Waals surface area contributed by atoms with Crippen molar-refractivity contribution in [3.63, 3.8) is 0 Å². The maximum absolute atomic E-state index is 5.65. The first kappa shape index (κ1) is 13.2. The fraction of sp³-hybridized carbons (Fsp3) is 0.769. The van der Waals surface area contributed by atoms with Gasteiger partial charge in [-0.05, 0) is 44.2 Å². The molecule has 16 heavy (non-hydrogen) atoms. The van der Waals surface area contributed by atoms with Crippen LogP contribution in [-0.4, -0.2) is 16.3 Å². The van der Waals surface area contributed by atoms with E-state index in [0.29, 0.717) is 0 Å². The van der Waals surface area contributed by atoms with Crippen molar-refractivity contribution in [1.82, 2.24) is 9.78 Å². The van der Waals surface area contributed by atoms with Crippen LogP contribution in [0.15, 0.2) is 6.07 Å². The van der Waals surface area contributed by atoms with E-state index in [2.05, 4.69) is 43.5 Å². The number of nitrogens with zero attached hydrogens (tertiary/aromatic N) is 2. The Bertz CT molecular complexity index is 326. The standard InChI is InChI=1S/C13H25N3/c1-5-11-9-12(16(6-2)15-11)10-13(3,4)7-8-14/h9H,5-8,10,14H2,1-4H3. The molecule has 0 amide bonds. The number of rotatable bonds is 6. The lowest BCUT2D eigenvalue weighted by atomic mass is 9.84. The van der Waals surface area contributed by atoms with Gasteiger partial charge in [-0.25, -0.2) is 0 Å². The molecule has 0 saturated heterocycles. The Kier molecular flexibility index (Phi) is 4.54. The highest BCUT2D eigenvalue weighted by Crippen LogP contribution is 2.25. The van der Waals surface area contributed by atoms with Gasteiger partial charge in [0.15, 0.2) is 0 Å². The van der Waals surface area contributed by atoms with Gasteiger partial charge in [0.1, 0.15) is 0 Å². The lowest BCUT2D eigenvalue weighted by Gasteiger charge is -2.23. The number of hydrogen-bond donors (Lipinski definition) is 1. The fourth-order valence-corrected chi connectivity index (χ4v) is 2.07. The van der Waals surface area contributed by atoms with Gasteiger partial charge in [-0.15, -0.1) is 0 Å². The minimum Gasteiger partial charge on any atom is -0.330 e. The normalized spacial score (nSPS) is 12.1. The summed E-state index contributed by atoms with van der Waals surface area (Å²) in [5, 5.41) is 4.58. The zero-order valence-corrected chi connectivity index (χ0v) is 11.1. The SMILES string of the molecule is CCc1cc(CC(C)(C)CCN)n(CC)n1. The second kappa shape index (κ2) is 5.48. The van der Waals surface area contributed by atoms with Crippen molar-refractivity contribution in [3.8, 4) is 0 Å². The van der Waals surface area contributed by atoms with E-state index >= 15 is 0 Å². The van der Waals surface area contributed by atoms with Crippen LogP contribution < -0.4 is 5.73 Å². The summed E-state index contributed by atoms with van der Waals surface area (Å²) in [6.07, 6.45) is 3.13. The summed E-state index contributed by atoms with van der Waals surface area (Å²) in [6, 6.07) is 2.24. The average molecular weight is 223 g/mol. The van der Waals surface area contributed by atoms with Crippen LogP contribution in [0.1, 0.15) is 45.5 Å². The number of nitrogens with two attached hydrogens (primary N) is 1. The van der Waals surface area contributed by atoms with Crippen molar-refractivity contribution in [1.29, 1.82) is 0 Å². The van der Waals surface area contributed by atoms with Crippen LogP contribution in [0.4, 0.5) is 0 Å². The molecule has 0 saturated carbocycles. The van der Waals surface area contributed by atoms with E-state index in [-0.39, 0.29) is 5.41 Å². The van der Waals surface area contributed by atoms with Gasteiger partial charge in [-0.3, -0.25) is 4.68 Å². The summed E-state index contributed by atoms with van der Waals surface area (Å²) in [5.41, 5.74) is 8.46. The van der Waals surface area contributed by atoms with Crippen molar-refractivity contribution in [3.05, 3.63) is 17.5 Å². The van der Waals surface area contributed by atoms with E-state index in [0.717, 1.165) is 32.4 Å². The molecule has 0 aliphatic rings. The van der Waals surface area contributed by atoms with Crippen LogP contribution in [0.25, 0.3) is 0 Å². The molecule has 92 valence electrons. The third kappa shape index (κ3) is 3.34. The number of hydrogen-bond acceptors (Lipinski definition) is 2. The summed E-state index contributed by atoms with van der Waals surface area (Å²) in [6.45, 7) is 10.6. The van der Waals surface area contributed by atoms with Crippen LogP contribution in [0, 0.1) is 5.41 Å². The van der Waals surface area contributed by atoms with Gasteiger partial charge < -0.3 is 5.73 Å². The molecule has 1 heterocycles. The predicted octanol–water partition coefficient (Wildman–Crippen LogP) is 2.38. The third-order valence-corrected chi connectivity index (χ3v) is 3.06. The van der Waals surface area contributed by atoms with Crippen LogP contribution >= 0.6 is 0 Å². The fourth-order valence-electron chi connectivity index (χ4n) is 2.07. The van der Waals surface area contributed by atoms with Crippen molar-refractivity contribution in [2.24, 2.45) is 11.1 Å². The highest BCUT2D eigenvalue weighted by atomic mass is 15.3. The summed E-state index contributed by atoms with van der Waals surface area (Å²) in [5.74, 6) is 0. The third-order valence-electron chi connectivity index (χ3n) is 3.06. The average Bonchev–Trinajstić information content (AvgIpc) is 2.59. The van der Waals surface area contributed by atoms with Crippen LogP contribution in [0.2, 0.25) is 0 Å². The molecule has 0 atom stereocenters. The first-order valence-corrected chi connectivity index (χ1v) is 6.28. The molecular weight excluding hydrogens is 198 g/mol. The van der Waals surface area contributed by atoms with Gasteiger partial charge in [0.2, 0.25) is 0 Å². The molecule has 0 bridgehead atoms. The molecule has 1 aromatic heterocycles. The Morgan fingerprint density at radius 1 is 1.38 bits per heavy atom. The molecule has 0 aliphatic carbocycles. The quantitative estimate of drug-likeness (QED) is 0.804. The minimum atomic E-state index is 0.271. The molecule has 0 aromatic carbocycles. The molecule has 3 heteroatoms. The Morgan fingerprint density at radius 2 is 2.06 bits per heavy atom. The topological polar surface area (TPSA) is 43.8 Å². The first-order chi connectivity index (χ1) is 7.52. The maximum atomic E-state index is 5.65. The van der Waals surface area contributed by atoms with Gasteiger partial charge >= 0.3 is 0 Å². The molecule has 2 N–H and O–H groups in total. The molecule has 1 rings (SSSR count). The summed E-state index contributed by atoms with van der Waals surface area (Å²) in [7, 11) is 0. The largest absolute Gasteiger partial charge is 0.330 e. The van der Waals surface area contributed by atoms with E-state index in [4.69, 9.17) is 5.73 Å². The first-order valence-electron chi connectivity index (χ1n) is 6.28. The second-order valence-electron chi connectivity index (χ2n) is 5.18. The smallest absolute Gasteiger partial charge is 0.0624 e. The lowest BCUT2D eigenvalue weighted by molar-refractivity contribution is 0.328. The van der Waals surface area contributed by atoms with E-state index in [1.807, 2.05) is 0 Å². The van der Waals surface area contributed by atoms with Crippen LogP contribution in [0.3, 0.4) is 0 Å². The van der Waals surface area contributed by atoms with Crippen LogP contribution in [-0.2, 0) is 19.4 Å². The highest BCUT2D eigenvalue weighted by molar-refractivity contribution is 5.12. The molecule has 0 aliphatic heterocycles. The zero-order chi connectivity index (χ0) is 12.2. The minimum absolute atomic E-state index is 0.271. The van der Waals surface area contributed by atoms with E-state index in [1.165, 1.54) is 11.4 Å². The Balaban J connectivity index is 2.82. The summed E-state index contributed by atoms with van der Waals surface area (Å²) < 4.78 is 2.12. The lowest BCUT2D eigenvalue weighted by Crippen LogP contribution is -2.21. The molecule has 0 unspecified atom stereocenters. The monoisotopic (exact) mass is 223 g/mol. The van der Waals surface area contributed by atoms with Gasteiger partial charge in [0, 0.05) is 12.2 Å². The molecule has 1 aromatic rings. The Labute approximate surface area is 99.0 Å². The Hall–Kier alpha value is -0.830. The molecule has 0 fully saturated rings.